The molecule has 0 radical (unpaired) electrons. The van der Waals surface area contributed by atoms with Crippen molar-refractivity contribution >= 4 is 37.0 Å². The summed E-state index contributed by atoms with van der Waals surface area (Å²) >= 11 is -3.03. The third-order valence-electron chi connectivity index (χ3n) is 10.1. The molecule has 2 atom stereocenters. The Morgan fingerprint density at radius 3 is 1.26 bits per heavy atom. The second-order valence-corrected chi connectivity index (χ2v) is 29.5. The number of fused-ring (bicyclic) bond motifs is 2. The van der Waals surface area contributed by atoms with Gasteiger partial charge in [0.05, 0.1) is 0 Å². The van der Waals surface area contributed by atoms with Crippen molar-refractivity contribution < 1.29 is 20.0 Å². The second-order valence-electron chi connectivity index (χ2n) is 12.9. The van der Waals surface area contributed by atoms with Gasteiger partial charge in [-0.15, -0.1) is 24.8 Å². The van der Waals surface area contributed by atoms with E-state index in [-0.39, 0.29) is 24.8 Å². The maximum Gasteiger partial charge on any atom is -0.147 e. The van der Waals surface area contributed by atoms with E-state index in [1.165, 1.54) is 48.2 Å². The standard InChI is InChI=1S/2C18H17.C3H6.2ClH.Hf/c2*1-13(2)16-11-15-9-6-10-17(18(15)12-16)14-7-4-3-5-8-14;1-3-2;;;/h2*3-13H,1-2H3;1-3H2;2*1H;. The van der Waals surface area contributed by atoms with E-state index in [1.54, 1.807) is 22.3 Å². The third kappa shape index (κ3) is 4.94. The van der Waals surface area contributed by atoms with Crippen LogP contribution in [-0.4, -0.2) is 0 Å². The maximum atomic E-state index is 2.64. The summed E-state index contributed by atoms with van der Waals surface area (Å²) in [5.41, 5.74) is 15.3. The topological polar surface area (TPSA) is 0 Å². The van der Waals surface area contributed by atoms with Crippen molar-refractivity contribution in [2.24, 2.45) is 11.8 Å². The van der Waals surface area contributed by atoms with Gasteiger partial charge in [0.25, 0.3) is 0 Å². The average Bonchev–Trinajstić information content (AvgIpc) is 3.54. The molecule has 0 N–H and O–H groups in total. The van der Waals surface area contributed by atoms with E-state index in [4.69, 9.17) is 0 Å². The Balaban J connectivity index is 0.00000176. The van der Waals surface area contributed by atoms with E-state index in [1.807, 2.05) is 0 Å². The summed E-state index contributed by atoms with van der Waals surface area (Å²) in [5, 5.41) is 0. The SMILES string of the molecule is CC(C)C1=Cc2c(-c3ccccc3)cccc2[CH]1[Hf]1([CH]2C(C(C)C)=Cc3c(-c4ccccc4)cccc32)[CH2]C[CH2]1.Cl.Cl. The molecule has 2 unspecified atom stereocenters. The van der Waals surface area contributed by atoms with Gasteiger partial charge in [0.1, 0.15) is 0 Å². The molecule has 0 aromatic heterocycles. The van der Waals surface area contributed by atoms with Gasteiger partial charge in [-0.2, -0.15) is 0 Å². The summed E-state index contributed by atoms with van der Waals surface area (Å²) in [6.07, 6.45) is 6.71. The van der Waals surface area contributed by atoms with E-state index >= 15 is 0 Å². The molecular formula is C39H42Cl2Hf. The fraction of sp³-hybridized carbons (Fsp3) is 0.282. The number of rotatable bonds is 6. The van der Waals surface area contributed by atoms with Crippen LogP contribution in [0.25, 0.3) is 34.4 Å². The maximum absolute atomic E-state index is 3.03. The molecule has 1 fully saturated rings. The van der Waals surface area contributed by atoms with Gasteiger partial charge in [0.2, 0.25) is 0 Å². The molecule has 1 heterocycles. The molecule has 4 aromatic rings. The van der Waals surface area contributed by atoms with Crippen LogP contribution >= 0.6 is 24.8 Å². The smallest absolute Gasteiger partial charge is 0.147 e. The zero-order chi connectivity index (χ0) is 27.4. The monoisotopic (exact) mass is 760 g/mol. The van der Waals surface area contributed by atoms with Crippen LogP contribution in [0.4, 0.5) is 0 Å². The summed E-state index contributed by atoms with van der Waals surface area (Å²) < 4.78 is 4.39. The van der Waals surface area contributed by atoms with Gasteiger partial charge in [-0.25, -0.2) is 0 Å². The van der Waals surface area contributed by atoms with Crippen LogP contribution in [0.5, 0.6) is 0 Å². The van der Waals surface area contributed by atoms with E-state index in [9.17, 15) is 0 Å². The summed E-state index contributed by atoms with van der Waals surface area (Å²) in [6.45, 7) is 9.79. The van der Waals surface area contributed by atoms with Crippen molar-refractivity contribution in [2.45, 2.75) is 49.8 Å². The molecule has 2 aliphatic carbocycles. The van der Waals surface area contributed by atoms with Crippen LogP contribution in [-0.2, 0) is 20.0 Å². The molecule has 1 aliphatic heterocycles. The molecule has 3 aliphatic rings. The van der Waals surface area contributed by atoms with Crippen LogP contribution in [0.15, 0.2) is 108 Å². The van der Waals surface area contributed by atoms with Crippen LogP contribution in [0.2, 0.25) is 8.35 Å². The summed E-state index contributed by atoms with van der Waals surface area (Å²) in [5.74, 6) is 1.14. The van der Waals surface area contributed by atoms with Gasteiger partial charge in [-0.3, -0.25) is 0 Å². The van der Waals surface area contributed by atoms with Gasteiger partial charge < -0.3 is 0 Å². The van der Waals surface area contributed by atoms with Crippen molar-refractivity contribution in [3.63, 3.8) is 0 Å². The fourth-order valence-electron chi connectivity index (χ4n) is 8.20. The van der Waals surface area contributed by atoms with E-state index in [0.29, 0.717) is 19.2 Å². The van der Waals surface area contributed by atoms with Crippen molar-refractivity contribution in [1.29, 1.82) is 0 Å². The summed E-state index contributed by atoms with van der Waals surface area (Å²) in [7, 11) is 0. The van der Waals surface area contributed by atoms with Gasteiger partial charge >= 0.3 is 246 Å². The Morgan fingerprint density at radius 1 is 0.524 bits per heavy atom. The van der Waals surface area contributed by atoms with Gasteiger partial charge in [0.15, 0.2) is 0 Å². The normalized spacial score (nSPS) is 19.7. The molecule has 0 saturated carbocycles. The first kappa shape index (κ1) is 31.2. The predicted octanol–water partition coefficient (Wildman–Crippen LogP) is 12.1. The van der Waals surface area contributed by atoms with Gasteiger partial charge in [0, 0.05) is 0 Å². The molecule has 216 valence electrons. The van der Waals surface area contributed by atoms with E-state index < -0.39 is 20.0 Å². The quantitative estimate of drug-likeness (QED) is 0.172. The first-order valence-corrected chi connectivity index (χ1v) is 24.5. The zero-order valence-corrected chi connectivity index (χ0v) is 30.4. The van der Waals surface area contributed by atoms with Crippen LogP contribution < -0.4 is 0 Å². The Hall–Kier alpha value is -2.19. The molecule has 4 aromatic carbocycles. The predicted molar refractivity (Wildman–Crippen MR) is 184 cm³/mol. The Morgan fingerprint density at radius 2 is 0.929 bits per heavy atom. The number of halogens is 2. The minimum absolute atomic E-state index is 0. The minimum atomic E-state index is -3.03. The molecule has 0 bridgehead atoms. The first-order valence-electron chi connectivity index (χ1n) is 15.3. The Bertz CT molecular complexity index is 1510. The Kier molecular flexibility index (Phi) is 9.25. The summed E-state index contributed by atoms with van der Waals surface area (Å²) in [4.78, 5) is 0. The summed E-state index contributed by atoms with van der Waals surface area (Å²) in [6, 6.07) is 36.5. The van der Waals surface area contributed by atoms with Crippen molar-refractivity contribution in [2.75, 3.05) is 0 Å². The third-order valence-corrected chi connectivity index (χ3v) is 32.2. The minimum Gasteiger partial charge on any atom is -0.147 e. The van der Waals surface area contributed by atoms with Gasteiger partial charge in [-0.1, -0.05) is 0 Å². The van der Waals surface area contributed by atoms with Crippen LogP contribution in [0, 0.1) is 11.8 Å². The fourth-order valence-corrected chi connectivity index (χ4v) is 31.8. The molecule has 0 amide bonds. The number of benzene rings is 4. The van der Waals surface area contributed by atoms with E-state index in [0.717, 1.165) is 0 Å². The van der Waals surface area contributed by atoms with Gasteiger partial charge in [-0.05, 0) is 0 Å². The van der Waals surface area contributed by atoms with Crippen LogP contribution in [0.1, 0.15) is 63.7 Å². The molecular weight excluding hydrogens is 718 g/mol. The molecule has 7 rings (SSSR count). The molecule has 0 nitrogen and oxygen atoms in total. The molecule has 0 spiro atoms. The molecule has 42 heavy (non-hydrogen) atoms. The second kappa shape index (κ2) is 12.4. The van der Waals surface area contributed by atoms with Crippen molar-refractivity contribution in [3.8, 4) is 22.3 Å². The molecule has 3 heteroatoms. The number of allylic oxidation sites excluding steroid dienone is 2. The van der Waals surface area contributed by atoms with Crippen LogP contribution in [0.3, 0.4) is 0 Å². The number of hydrogen-bond donors (Lipinski definition) is 0. The van der Waals surface area contributed by atoms with Crippen molar-refractivity contribution in [3.05, 3.63) is 130 Å². The van der Waals surface area contributed by atoms with E-state index in [2.05, 4.69) is 137 Å². The first-order chi connectivity index (χ1) is 19.5. The largest absolute Gasteiger partial charge is 0.147 e. The van der Waals surface area contributed by atoms with Crippen molar-refractivity contribution in [1.82, 2.24) is 0 Å². The zero-order valence-electron chi connectivity index (χ0n) is 25.1. The molecule has 1 saturated heterocycles. The number of hydrogen-bond acceptors (Lipinski definition) is 0. The Labute approximate surface area is 269 Å². The average molecular weight is 760 g/mol.